The van der Waals surface area contributed by atoms with Crippen molar-refractivity contribution in [1.29, 1.82) is 0 Å². The number of H-pyrrole nitrogens is 1. The third kappa shape index (κ3) is 5.94. The summed E-state index contributed by atoms with van der Waals surface area (Å²) in [6.07, 6.45) is 0. The molecule has 1 aromatic heterocycles. The van der Waals surface area contributed by atoms with E-state index in [0.29, 0.717) is 22.7 Å². The van der Waals surface area contributed by atoms with E-state index in [4.69, 9.17) is 4.74 Å². The van der Waals surface area contributed by atoms with Crippen LogP contribution in [0.2, 0.25) is 0 Å². The van der Waals surface area contributed by atoms with E-state index in [1.54, 1.807) is 69.5 Å². The Bertz CT molecular complexity index is 1160. The van der Waals surface area contributed by atoms with Crippen LogP contribution in [-0.4, -0.2) is 39.9 Å². The van der Waals surface area contributed by atoms with Crippen molar-refractivity contribution < 1.29 is 14.3 Å². The Hall–Kier alpha value is -3.66. The van der Waals surface area contributed by atoms with Gasteiger partial charge in [-0.25, -0.2) is 0 Å². The number of aromatic nitrogens is 3. The minimum atomic E-state index is -0.468. The van der Waals surface area contributed by atoms with Gasteiger partial charge in [-0.2, -0.15) is 0 Å². The summed E-state index contributed by atoms with van der Waals surface area (Å²) in [5, 5.41) is 13.8. The number of carbonyl (C=O) groups is 2. The number of hydrogen-bond donors (Lipinski definition) is 3. The van der Waals surface area contributed by atoms with Crippen molar-refractivity contribution in [1.82, 2.24) is 15.2 Å². The molecule has 0 fully saturated rings. The van der Waals surface area contributed by atoms with E-state index in [-0.39, 0.29) is 34.3 Å². The summed E-state index contributed by atoms with van der Waals surface area (Å²) < 4.78 is 5.08. The number of carbonyl (C=O) groups excluding carboxylic acids is 2. The molecule has 3 rings (SSSR count). The van der Waals surface area contributed by atoms with Gasteiger partial charge in [-0.15, -0.1) is 10.2 Å². The van der Waals surface area contributed by atoms with Crippen LogP contribution < -0.4 is 20.9 Å². The van der Waals surface area contributed by atoms with Crippen LogP contribution in [0, 0.1) is 5.92 Å². The lowest BCUT2D eigenvalue weighted by atomic mass is 10.1. The molecule has 0 aliphatic heterocycles. The number of thioether (sulfide) groups is 1. The Balaban J connectivity index is 1.67. The van der Waals surface area contributed by atoms with Crippen molar-refractivity contribution in [2.24, 2.45) is 5.92 Å². The Morgan fingerprint density at radius 3 is 2.44 bits per heavy atom. The van der Waals surface area contributed by atoms with Crippen LogP contribution in [0.5, 0.6) is 5.75 Å². The zero-order valence-corrected chi connectivity index (χ0v) is 18.7. The molecule has 3 N–H and O–H groups in total. The first-order chi connectivity index (χ1) is 15.4. The zero-order valence-electron chi connectivity index (χ0n) is 17.8. The summed E-state index contributed by atoms with van der Waals surface area (Å²) >= 11 is 1.06. The Kier molecular flexibility index (Phi) is 7.61. The van der Waals surface area contributed by atoms with Gasteiger partial charge in [0, 0.05) is 17.2 Å². The van der Waals surface area contributed by atoms with E-state index < -0.39 is 5.56 Å². The highest BCUT2D eigenvalue weighted by Crippen LogP contribution is 2.24. The molecule has 32 heavy (non-hydrogen) atoms. The molecule has 3 aromatic rings. The molecule has 9 nitrogen and oxygen atoms in total. The summed E-state index contributed by atoms with van der Waals surface area (Å²) in [6.45, 7) is 3.56. The molecule has 0 bridgehead atoms. The van der Waals surface area contributed by atoms with Gasteiger partial charge in [0.2, 0.25) is 11.8 Å². The van der Waals surface area contributed by atoms with Gasteiger partial charge >= 0.3 is 0 Å². The largest absolute Gasteiger partial charge is 0.497 e. The van der Waals surface area contributed by atoms with Gasteiger partial charge in [-0.05, 0) is 30.3 Å². The van der Waals surface area contributed by atoms with Gasteiger partial charge in [-0.3, -0.25) is 19.4 Å². The number of ether oxygens (including phenoxy) is 1. The highest BCUT2D eigenvalue weighted by Gasteiger charge is 2.15. The van der Waals surface area contributed by atoms with Crippen LogP contribution in [0.1, 0.15) is 13.8 Å². The normalized spacial score (nSPS) is 10.6. The zero-order chi connectivity index (χ0) is 23.1. The van der Waals surface area contributed by atoms with Crippen molar-refractivity contribution in [3.8, 4) is 17.0 Å². The number of anilines is 2. The van der Waals surface area contributed by atoms with E-state index in [9.17, 15) is 14.4 Å². The maximum absolute atomic E-state index is 12.6. The molecule has 0 saturated carbocycles. The molecule has 0 radical (unpaired) electrons. The van der Waals surface area contributed by atoms with Gasteiger partial charge in [0.25, 0.3) is 5.56 Å². The quantitative estimate of drug-likeness (QED) is 0.447. The van der Waals surface area contributed by atoms with Crippen molar-refractivity contribution in [2.75, 3.05) is 23.5 Å². The summed E-state index contributed by atoms with van der Waals surface area (Å²) in [5.74, 6) is 0.0910. The van der Waals surface area contributed by atoms with E-state index >= 15 is 0 Å². The number of nitrogens with one attached hydrogen (secondary N) is 3. The van der Waals surface area contributed by atoms with Crippen LogP contribution in [0.25, 0.3) is 11.3 Å². The fourth-order valence-electron chi connectivity index (χ4n) is 2.64. The fourth-order valence-corrected chi connectivity index (χ4v) is 3.25. The average Bonchev–Trinajstić information content (AvgIpc) is 2.79. The van der Waals surface area contributed by atoms with E-state index in [1.165, 1.54) is 0 Å². The number of aromatic amines is 1. The number of nitrogens with zero attached hydrogens (tertiary/aromatic N) is 2. The fraction of sp³-hybridized carbons (Fsp3) is 0.227. The maximum atomic E-state index is 12.6. The molecular weight excluding hydrogens is 430 g/mol. The van der Waals surface area contributed by atoms with Gasteiger partial charge in [0.1, 0.15) is 5.75 Å². The van der Waals surface area contributed by atoms with Crippen molar-refractivity contribution in [3.63, 3.8) is 0 Å². The number of benzene rings is 2. The summed E-state index contributed by atoms with van der Waals surface area (Å²) in [7, 11) is 1.57. The molecule has 0 saturated heterocycles. The highest BCUT2D eigenvalue weighted by atomic mass is 32.2. The van der Waals surface area contributed by atoms with Crippen molar-refractivity contribution in [2.45, 2.75) is 19.0 Å². The summed E-state index contributed by atoms with van der Waals surface area (Å²) in [6, 6.07) is 13.8. The first-order valence-electron chi connectivity index (χ1n) is 9.81. The lowest BCUT2D eigenvalue weighted by molar-refractivity contribution is -0.119. The second-order valence-corrected chi connectivity index (χ2v) is 8.03. The molecule has 0 unspecified atom stereocenters. The third-order valence-corrected chi connectivity index (χ3v) is 5.22. The maximum Gasteiger partial charge on any atom is 0.278 e. The van der Waals surface area contributed by atoms with Crippen LogP contribution in [-0.2, 0) is 9.59 Å². The summed E-state index contributed by atoms with van der Waals surface area (Å²) in [4.78, 5) is 39.5. The van der Waals surface area contributed by atoms with Crippen LogP contribution >= 0.6 is 11.8 Å². The van der Waals surface area contributed by atoms with E-state index in [2.05, 4.69) is 25.8 Å². The van der Waals surface area contributed by atoms with Gasteiger partial charge in [0.15, 0.2) is 10.9 Å². The molecule has 2 amide bonds. The third-order valence-electron chi connectivity index (χ3n) is 4.35. The predicted molar refractivity (Wildman–Crippen MR) is 124 cm³/mol. The number of para-hydroxylation sites is 1. The average molecular weight is 454 g/mol. The second-order valence-electron chi connectivity index (χ2n) is 7.06. The number of rotatable bonds is 8. The van der Waals surface area contributed by atoms with Gasteiger partial charge in [-0.1, -0.05) is 43.8 Å². The molecule has 166 valence electrons. The number of hydrogen-bond acceptors (Lipinski definition) is 7. The molecule has 0 aliphatic rings. The first kappa shape index (κ1) is 23.0. The molecule has 1 heterocycles. The van der Waals surface area contributed by atoms with E-state index in [0.717, 1.165) is 11.8 Å². The van der Waals surface area contributed by atoms with Crippen LogP contribution in [0.4, 0.5) is 11.4 Å². The van der Waals surface area contributed by atoms with E-state index in [1.807, 2.05) is 0 Å². The number of amides is 2. The lowest BCUT2D eigenvalue weighted by Gasteiger charge is -2.11. The molecular formula is C22H23N5O4S. The molecule has 0 spiro atoms. The minimum absolute atomic E-state index is 0.0387. The Labute approximate surface area is 189 Å². The summed E-state index contributed by atoms with van der Waals surface area (Å²) in [5.41, 5.74) is 1.18. The lowest BCUT2D eigenvalue weighted by Crippen LogP contribution is -2.20. The number of methoxy groups -OCH3 is 1. The standard InChI is InChI=1S/C22H23N5O4S/c1-13(2)20(29)24-17-7-5-4-6-16(17)19-21(30)25-22(27-26-19)32-12-18(28)23-14-8-10-15(31-3)11-9-14/h4-11,13H,12H2,1-3H3,(H,23,28)(H,24,29)(H,25,27,30). The van der Waals surface area contributed by atoms with Crippen molar-refractivity contribution >= 4 is 35.0 Å². The topological polar surface area (TPSA) is 126 Å². The molecule has 10 heteroatoms. The van der Waals surface area contributed by atoms with Crippen LogP contribution in [0.15, 0.2) is 58.5 Å². The van der Waals surface area contributed by atoms with Crippen molar-refractivity contribution in [3.05, 3.63) is 58.9 Å². The minimum Gasteiger partial charge on any atom is -0.497 e. The predicted octanol–water partition coefficient (Wildman–Crippen LogP) is 3.17. The smallest absolute Gasteiger partial charge is 0.278 e. The van der Waals surface area contributed by atoms with Gasteiger partial charge in [0.05, 0.1) is 18.6 Å². The SMILES string of the molecule is COc1ccc(NC(=O)CSc2nnc(-c3ccccc3NC(=O)C(C)C)c(=O)[nH]2)cc1. The van der Waals surface area contributed by atoms with Gasteiger partial charge < -0.3 is 15.4 Å². The Morgan fingerprint density at radius 1 is 1.06 bits per heavy atom. The second kappa shape index (κ2) is 10.6. The Morgan fingerprint density at radius 2 is 1.78 bits per heavy atom. The molecule has 0 aliphatic carbocycles. The monoisotopic (exact) mass is 453 g/mol. The molecule has 0 atom stereocenters. The molecule has 2 aromatic carbocycles. The van der Waals surface area contributed by atoms with Crippen LogP contribution in [0.3, 0.4) is 0 Å². The first-order valence-corrected chi connectivity index (χ1v) is 10.8. The highest BCUT2D eigenvalue weighted by molar-refractivity contribution is 7.99.